The molecule has 12 heteroatoms. The van der Waals surface area contributed by atoms with Crippen LogP contribution in [0.25, 0.3) is 22.3 Å². The number of phenolic OH excluding ortho intramolecular Hbond substituents is 2. The fourth-order valence-corrected chi connectivity index (χ4v) is 3.75. The second kappa shape index (κ2) is 10.0. The highest BCUT2D eigenvalue weighted by molar-refractivity contribution is 5.88. The summed E-state index contributed by atoms with van der Waals surface area (Å²) in [6.45, 7) is 0.679. The van der Waals surface area contributed by atoms with E-state index in [4.69, 9.17) is 23.4 Å². The number of aliphatic hydroxyl groups is 3. The number of phenols is 2. The van der Waals surface area contributed by atoms with Gasteiger partial charge in [-0.3, -0.25) is 9.59 Å². The molecule has 0 amide bonds. The number of hydrogen-bond donors (Lipinski definition) is 5. The molecule has 0 spiro atoms. The number of esters is 1. The van der Waals surface area contributed by atoms with Crippen molar-refractivity contribution in [2.45, 2.75) is 37.6 Å². The van der Waals surface area contributed by atoms with Crippen molar-refractivity contribution in [2.24, 2.45) is 0 Å². The van der Waals surface area contributed by atoms with Crippen LogP contribution in [0.4, 0.5) is 0 Å². The molecule has 3 aromatic rings. The van der Waals surface area contributed by atoms with Crippen molar-refractivity contribution < 1.29 is 53.7 Å². The summed E-state index contributed by atoms with van der Waals surface area (Å²) in [7, 11) is 1.37. The zero-order chi connectivity index (χ0) is 26.1. The molecule has 1 aliphatic rings. The van der Waals surface area contributed by atoms with Gasteiger partial charge in [-0.1, -0.05) is 0 Å². The van der Waals surface area contributed by atoms with Gasteiger partial charge in [-0.25, -0.2) is 0 Å². The lowest BCUT2D eigenvalue weighted by Gasteiger charge is -2.39. The predicted octanol–water partition coefficient (Wildman–Crippen LogP) is 0.629. The first-order chi connectivity index (χ1) is 17.1. The van der Waals surface area contributed by atoms with Crippen LogP contribution in [0.2, 0.25) is 0 Å². The fraction of sp³-hybridized carbons (Fsp3) is 0.333. The fourth-order valence-electron chi connectivity index (χ4n) is 3.75. The SMILES string of the molecule is COc1cc(O)c2c(=O)c(O[C@@H]3O[C@H](COC(C)=O)[C@@H](O)[C@@H](O)[C@H]3O)c(-c3ccc(O)cc3)oc2c1. The molecular formula is C24H24O12. The van der Waals surface area contributed by atoms with Crippen molar-refractivity contribution in [2.75, 3.05) is 13.7 Å². The molecule has 1 aromatic heterocycles. The Morgan fingerprint density at radius 3 is 2.36 bits per heavy atom. The molecule has 0 saturated carbocycles. The first-order valence-corrected chi connectivity index (χ1v) is 10.8. The van der Waals surface area contributed by atoms with Crippen LogP contribution in [0.15, 0.2) is 45.6 Å². The maximum Gasteiger partial charge on any atom is 0.302 e. The lowest BCUT2D eigenvalue weighted by Crippen LogP contribution is -2.60. The third-order valence-electron chi connectivity index (χ3n) is 5.62. The summed E-state index contributed by atoms with van der Waals surface area (Å²) < 4.78 is 27.1. The number of methoxy groups -OCH3 is 1. The normalized spacial score (nSPS) is 23.9. The van der Waals surface area contributed by atoms with Crippen molar-refractivity contribution in [1.29, 1.82) is 0 Å². The van der Waals surface area contributed by atoms with Gasteiger partial charge in [-0.2, -0.15) is 0 Å². The Kier molecular flexibility index (Phi) is 7.04. The van der Waals surface area contributed by atoms with Gasteiger partial charge < -0.3 is 48.9 Å². The largest absolute Gasteiger partial charge is 0.508 e. The molecule has 0 unspecified atom stereocenters. The van der Waals surface area contributed by atoms with Gasteiger partial charge in [0, 0.05) is 24.6 Å². The molecule has 0 aliphatic carbocycles. The summed E-state index contributed by atoms with van der Waals surface area (Å²) in [6.07, 6.45) is -8.21. The zero-order valence-electron chi connectivity index (χ0n) is 19.2. The van der Waals surface area contributed by atoms with Crippen LogP contribution in [0.1, 0.15) is 6.92 Å². The number of hydrogen-bond acceptors (Lipinski definition) is 12. The summed E-state index contributed by atoms with van der Waals surface area (Å²) >= 11 is 0. The molecule has 0 radical (unpaired) electrons. The van der Waals surface area contributed by atoms with E-state index in [1.165, 1.54) is 43.5 Å². The number of carbonyl (C=O) groups is 1. The van der Waals surface area contributed by atoms with Crippen LogP contribution in [-0.2, 0) is 14.3 Å². The highest BCUT2D eigenvalue weighted by Crippen LogP contribution is 2.37. The Labute approximate surface area is 203 Å². The standard InChI is InChI=1S/C24H24O12/c1-10(25)33-9-16-18(28)20(30)21(31)24(35-16)36-23-19(29)17-14(27)7-13(32-2)8-15(17)34-22(23)11-3-5-12(26)6-4-11/h3-8,16,18,20-21,24,26-28,30-31H,9H2,1-2H3/t16-,18-,20-,21-,24+/m1/s1. The van der Waals surface area contributed by atoms with E-state index in [1.54, 1.807) is 0 Å². The first kappa shape index (κ1) is 25.3. The summed E-state index contributed by atoms with van der Waals surface area (Å²) in [5.41, 5.74) is -0.598. The Morgan fingerprint density at radius 2 is 1.72 bits per heavy atom. The minimum Gasteiger partial charge on any atom is -0.508 e. The van der Waals surface area contributed by atoms with Crippen LogP contribution in [-0.4, -0.2) is 75.9 Å². The molecule has 36 heavy (non-hydrogen) atoms. The molecule has 192 valence electrons. The Bertz CT molecular complexity index is 1320. The third-order valence-corrected chi connectivity index (χ3v) is 5.62. The van der Waals surface area contributed by atoms with Crippen molar-refractivity contribution in [3.05, 3.63) is 46.6 Å². The van der Waals surface area contributed by atoms with Crippen molar-refractivity contribution in [3.63, 3.8) is 0 Å². The van der Waals surface area contributed by atoms with E-state index in [2.05, 4.69) is 0 Å². The molecule has 2 heterocycles. The van der Waals surface area contributed by atoms with E-state index < -0.39 is 60.2 Å². The van der Waals surface area contributed by atoms with Crippen LogP contribution in [0, 0.1) is 0 Å². The van der Waals surface area contributed by atoms with Gasteiger partial charge in [0.2, 0.25) is 17.5 Å². The van der Waals surface area contributed by atoms with Gasteiger partial charge in [-0.15, -0.1) is 0 Å². The monoisotopic (exact) mass is 504 g/mol. The van der Waals surface area contributed by atoms with E-state index in [1.807, 2.05) is 0 Å². The van der Waals surface area contributed by atoms with Crippen LogP contribution >= 0.6 is 0 Å². The van der Waals surface area contributed by atoms with Crippen molar-refractivity contribution in [1.82, 2.24) is 0 Å². The van der Waals surface area contributed by atoms with Crippen molar-refractivity contribution in [3.8, 4) is 34.3 Å². The summed E-state index contributed by atoms with van der Waals surface area (Å²) in [6, 6.07) is 8.14. The van der Waals surface area contributed by atoms with Gasteiger partial charge in [0.05, 0.1) is 7.11 Å². The minimum absolute atomic E-state index is 0.0411. The van der Waals surface area contributed by atoms with E-state index in [0.717, 1.165) is 6.92 Å². The van der Waals surface area contributed by atoms with E-state index >= 15 is 0 Å². The van der Waals surface area contributed by atoms with Gasteiger partial charge in [0.1, 0.15) is 59.2 Å². The predicted molar refractivity (Wildman–Crippen MR) is 122 cm³/mol. The minimum atomic E-state index is -1.82. The van der Waals surface area contributed by atoms with E-state index in [0.29, 0.717) is 0 Å². The molecular weight excluding hydrogens is 480 g/mol. The van der Waals surface area contributed by atoms with Crippen LogP contribution in [0.3, 0.4) is 0 Å². The lowest BCUT2D eigenvalue weighted by atomic mass is 9.99. The quantitative estimate of drug-likeness (QED) is 0.295. The molecule has 1 fully saturated rings. The lowest BCUT2D eigenvalue weighted by molar-refractivity contribution is -0.278. The number of ether oxygens (including phenoxy) is 4. The highest BCUT2D eigenvalue weighted by Gasteiger charge is 2.46. The van der Waals surface area contributed by atoms with Gasteiger partial charge in [0.15, 0.2) is 5.76 Å². The number of carbonyl (C=O) groups excluding carboxylic acids is 1. The molecule has 1 aliphatic heterocycles. The molecule has 5 atom stereocenters. The summed E-state index contributed by atoms with van der Waals surface area (Å²) in [5.74, 6) is -1.61. The Balaban J connectivity index is 1.82. The topological polar surface area (TPSA) is 185 Å². The summed E-state index contributed by atoms with van der Waals surface area (Å²) in [4.78, 5) is 24.7. The molecule has 4 rings (SSSR count). The van der Waals surface area contributed by atoms with E-state index in [-0.39, 0.29) is 33.8 Å². The summed E-state index contributed by atoms with van der Waals surface area (Å²) in [5, 5.41) is 50.9. The Morgan fingerprint density at radius 1 is 1.03 bits per heavy atom. The zero-order valence-corrected chi connectivity index (χ0v) is 19.2. The average Bonchev–Trinajstić information content (AvgIpc) is 2.84. The van der Waals surface area contributed by atoms with Crippen LogP contribution in [0.5, 0.6) is 23.0 Å². The number of benzene rings is 2. The third kappa shape index (κ3) is 4.79. The molecule has 12 nitrogen and oxygen atoms in total. The average molecular weight is 504 g/mol. The highest BCUT2D eigenvalue weighted by atomic mass is 16.7. The van der Waals surface area contributed by atoms with Gasteiger partial charge in [0.25, 0.3) is 0 Å². The number of aromatic hydroxyl groups is 2. The number of fused-ring (bicyclic) bond motifs is 1. The maximum absolute atomic E-state index is 13.5. The number of rotatable bonds is 6. The smallest absolute Gasteiger partial charge is 0.302 e. The molecule has 1 saturated heterocycles. The van der Waals surface area contributed by atoms with Gasteiger partial charge >= 0.3 is 5.97 Å². The molecule has 0 bridgehead atoms. The number of aliphatic hydroxyl groups excluding tert-OH is 3. The van der Waals surface area contributed by atoms with Crippen molar-refractivity contribution >= 4 is 16.9 Å². The van der Waals surface area contributed by atoms with E-state index in [9.17, 15) is 35.1 Å². The maximum atomic E-state index is 13.5. The first-order valence-electron chi connectivity index (χ1n) is 10.8. The second-order valence-electron chi connectivity index (χ2n) is 8.09. The molecule has 2 aromatic carbocycles. The molecule has 5 N–H and O–H groups in total. The Hall–Kier alpha value is -3.84. The van der Waals surface area contributed by atoms with Gasteiger partial charge in [-0.05, 0) is 24.3 Å². The van der Waals surface area contributed by atoms with Crippen LogP contribution < -0.4 is 14.9 Å². The second-order valence-corrected chi connectivity index (χ2v) is 8.09.